The number of imidazole rings is 1. The first-order valence-electron chi connectivity index (χ1n) is 8.37. The Bertz CT molecular complexity index is 856. The Morgan fingerprint density at radius 1 is 1.15 bits per heavy atom. The van der Waals surface area contributed by atoms with Gasteiger partial charge >= 0.3 is 0 Å². The number of aromatic nitrogens is 5. The average molecular weight is 415 g/mol. The standard InChI is InChI=1S/C17H22N6S.2ClH/c1-22-14-8-4-3-7-13(14)19-15(22)11-24-17-21-20-16(23(17)2)12-6-5-9-18-10-12;;/h3-4,7-8,12,18H,5-6,9-11H2,1-2H3;2*1H. The first-order valence-corrected chi connectivity index (χ1v) is 9.35. The zero-order chi connectivity index (χ0) is 16.5. The summed E-state index contributed by atoms with van der Waals surface area (Å²) in [5.74, 6) is 3.42. The fraction of sp³-hybridized carbons (Fsp3) is 0.471. The maximum absolute atomic E-state index is 4.73. The van der Waals surface area contributed by atoms with Gasteiger partial charge in [0.25, 0.3) is 0 Å². The molecule has 0 bridgehead atoms. The molecule has 0 spiro atoms. The number of nitrogens with one attached hydrogen (secondary N) is 1. The molecule has 0 aliphatic carbocycles. The van der Waals surface area contributed by atoms with Gasteiger partial charge in [-0.2, -0.15) is 0 Å². The van der Waals surface area contributed by atoms with Crippen molar-refractivity contribution in [3.8, 4) is 0 Å². The first-order chi connectivity index (χ1) is 11.7. The quantitative estimate of drug-likeness (QED) is 0.663. The Hall–Kier alpha value is -1.28. The third-order valence-corrected chi connectivity index (χ3v) is 5.76. The summed E-state index contributed by atoms with van der Waals surface area (Å²) in [4.78, 5) is 4.73. The van der Waals surface area contributed by atoms with Crippen LogP contribution in [0.3, 0.4) is 0 Å². The van der Waals surface area contributed by atoms with Gasteiger partial charge in [-0.25, -0.2) is 4.98 Å². The monoisotopic (exact) mass is 414 g/mol. The molecule has 2 aromatic heterocycles. The van der Waals surface area contributed by atoms with Crippen molar-refractivity contribution in [2.75, 3.05) is 13.1 Å². The average Bonchev–Trinajstić information content (AvgIpc) is 3.14. The smallest absolute Gasteiger partial charge is 0.191 e. The lowest BCUT2D eigenvalue weighted by molar-refractivity contribution is 0.436. The summed E-state index contributed by atoms with van der Waals surface area (Å²) in [6, 6.07) is 8.24. The minimum Gasteiger partial charge on any atom is -0.330 e. The van der Waals surface area contributed by atoms with Crippen LogP contribution >= 0.6 is 36.6 Å². The van der Waals surface area contributed by atoms with Crippen LogP contribution in [-0.4, -0.2) is 37.4 Å². The van der Waals surface area contributed by atoms with Gasteiger partial charge < -0.3 is 14.5 Å². The summed E-state index contributed by atoms with van der Waals surface area (Å²) in [6.45, 7) is 2.12. The molecule has 1 saturated heterocycles. The molecule has 1 aromatic carbocycles. The van der Waals surface area contributed by atoms with Crippen molar-refractivity contribution in [1.82, 2.24) is 29.6 Å². The van der Waals surface area contributed by atoms with Gasteiger partial charge in [0.05, 0.1) is 16.8 Å². The van der Waals surface area contributed by atoms with Crippen LogP contribution < -0.4 is 5.32 Å². The summed E-state index contributed by atoms with van der Waals surface area (Å²) in [5, 5.41) is 13.3. The summed E-state index contributed by atoms with van der Waals surface area (Å²) in [6.07, 6.45) is 2.40. The highest BCUT2D eigenvalue weighted by atomic mass is 35.5. The highest BCUT2D eigenvalue weighted by molar-refractivity contribution is 7.98. The normalized spacial score (nSPS) is 16.9. The molecular formula is C17H24Cl2N6S. The van der Waals surface area contributed by atoms with Crippen molar-refractivity contribution >= 4 is 47.6 Å². The lowest BCUT2D eigenvalue weighted by Crippen LogP contribution is -2.29. The van der Waals surface area contributed by atoms with Gasteiger partial charge in [0.1, 0.15) is 11.6 Å². The maximum atomic E-state index is 4.73. The second-order valence-electron chi connectivity index (χ2n) is 6.31. The van der Waals surface area contributed by atoms with E-state index < -0.39 is 0 Å². The highest BCUT2D eigenvalue weighted by Gasteiger charge is 2.22. The van der Waals surface area contributed by atoms with Gasteiger partial charge in [0.15, 0.2) is 5.16 Å². The van der Waals surface area contributed by atoms with Crippen molar-refractivity contribution in [3.05, 3.63) is 35.9 Å². The van der Waals surface area contributed by atoms with Crippen LogP contribution in [0.25, 0.3) is 11.0 Å². The molecular weight excluding hydrogens is 391 g/mol. The molecule has 0 amide bonds. The number of rotatable bonds is 4. The molecule has 1 aliphatic rings. The predicted molar refractivity (Wildman–Crippen MR) is 111 cm³/mol. The van der Waals surface area contributed by atoms with E-state index in [9.17, 15) is 0 Å². The second kappa shape index (κ2) is 9.08. The topological polar surface area (TPSA) is 60.6 Å². The molecule has 0 radical (unpaired) electrons. The van der Waals surface area contributed by atoms with Crippen molar-refractivity contribution in [3.63, 3.8) is 0 Å². The van der Waals surface area contributed by atoms with Crippen LogP contribution in [0.1, 0.15) is 30.4 Å². The van der Waals surface area contributed by atoms with Crippen molar-refractivity contribution in [2.45, 2.75) is 29.7 Å². The summed E-state index contributed by atoms with van der Waals surface area (Å²) >= 11 is 1.70. The van der Waals surface area contributed by atoms with E-state index >= 15 is 0 Å². The number of hydrogen-bond acceptors (Lipinski definition) is 5. The number of nitrogens with zero attached hydrogens (tertiary/aromatic N) is 5. The molecule has 3 aromatic rings. The minimum absolute atomic E-state index is 0. The maximum Gasteiger partial charge on any atom is 0.191 e. The van der Waals surface area contributed by atoms with E-state index in [1.807, 2.05) is 12.1 Å². The molecule has 1 aliphatic heterocycles. The van der Waals surface area contributed by atoms with Gasteiger partial charge in [0, 0.05) is 26.6 Å². The number of halogens is 2. The molecule has 9 heteroatoms. The molecule has 4 rings (SSSR count). The van der Waals surface area contributed by atoms with E-state index in [2.05, 4.69) is 50.9 Å². The van der Waals surface area contributed by atoms with Crippen LogP contribution in [0.15, 0.2) is 29.4 Å². The number of fused-ring (bicyclic) bond motifs is 1. The van der Waals surface area contributed by atoms with Crippen LogP contribution in [0, 0.1) is 0 Å². The molecule has 1 fully saturated rings. The number of piperidine rings is 1. The fourth-order valence-electron chi connectivity index (χ4n) is 3.33. The summed E-state index contributed by atoms with van der Waals surface area (Å²) in [5.41, 5.74) is 2.21. The van der Waals surface area contributed by atoms with E-state index in [4.69, 9.17) is 4.98 Å². The van der Waals surface area contributed by atoms with E-state index in [0.29, 0.717) is 5.92 Å². The van der Waals surface area contributed by atoms with Crippen LogP contribution in [0.5, 0.6) is 0 Å². The van der Waals surface area contributed by atoms with Crippen LogP contribution in [-0.2, 0) is 19.8 Å². The fourth-order valence-corrected chi connectivity index (χ4v) is 4.24. The molecule has 0 saturated carbocycles. The number of hydrogen-bond donors (Lipinski definition) is 1. The molecule has 142 valence electrons. The van der Waals surface area contributed by atoms with E-state index in [0.717, 1.165) is 41.2 Å². The lowest BCUT2D eigenvalue weighted by atomic mass is 9.99. The zero-order valence-corrected chi connectivity index (χ0v) is 17.3. The second-order valence-corrected chi connectivity index (χ2v) is 7.25. The summed E-state index contributed by atoms with van der Waals surface area (Å²) in [7, 11) is 4.14. The Morgan fingerprint density at radius 2 is 1.96 bits per heavy atom. The third kappa shape index (κ3) is 4.01. The van der Waals surface area contributed by atoms with Gasteiger partial charge in [-0.1, -0.05) is 23.9 Å². The van der Waals surface area contributed by atoms with Gasteiger partial charge in [-0.05, 0) is 31.5 Å². The Kier molecular flexibility index (Phi) is 7.34. The lowest BCUT2D eigenvalue weighted by Gasteiger charge is -2.21. The molecule has 3 heterocycles. The van der Waals surface area contributed by atoms with Gasteiger partial charge in [-0.15, -0.1) is 35.0 Å². The number of benzene rings is 1. The Morgan fingerprint density at radius 3 is 2.69 bits per heavy atom. The highest BCUT2D eigenvalue weighted by Crippen LogP contribution is 2.27. The minimum atomic E-state index is 0. The zero-order valence-electron chi connectivity index (χ0n) is 14.9. The van der Waals surface area contributed by atoms with Crippen molar-refractivity contribution in [2.24, 2.45) is 14.1 Å². The molecule has 1 atom stereocenters. The first kappa shape index (κ1) is 21.0. The van der Waals surface area contributed by atoms with Crippen LogP contribution in [0.2, 0.25) is 0 Å². The van der Waals surface area contributed by atoms with E-state index in [1.165, 1.54) is 18.4 Å². The van der Waals surface area contributed by atoms with E-state index in [1.54, 1.807) is 11.8 Å². The molecule has 1 unspecified atom stereocenters. The summed E-state index contributed by atoms with van der Waals surface area (Å²) < 4.78 is 4.30. The Labute approximate surface area is 170 Å². The van der Waals surface area contributed by atoms with Crippen LogP contribution in [0.4, 0.5) is 0 Å². The SMILES string of the molecule is Cl.Cl.Cn1c(SCc2nc3ccccc3n2C)nnc1C1CCCNC1. The number of aryl methyl sites for hydroxylation is 1. The van der Waals surface area contributed by atoms with Crippen molar-refractivity contribution < 1.29 is 0 Å². The number of thioether (sulfide) groups is 1. The predicted octanol–water partition coefficient (Wildman–Crippen LogP) is 3.30. The van der Waals surface area contributed by atoms with E-state index in [-0.39, 0.29) is 24.8 Å². The third-order valence-electron chi connectivity index (χ3n) is 4.74. The molecule has 6 nitrogen and oxygen atoms in total. The van der Waals surface area contributed by atoms with Crippen molar-refractivity contribution in [1.29, 1.82) is 0 Å². The molecule has 1 N–H and O–H groups in total. The van der Waals surface area contributed by atoms with Gasteiger partial charge in [-0.3, -0.25) is 0 Å². The van der Waals surface area contributed by atoms with Gasteiger partial charge in [0.2, 0.25) is 0 Å². The molecule has 26 heavy (non-hydrogen) atoms. The Balaban J connectivity index is 0.00000121. The number of para-hydroxylation sites is 2. The largest absolute Gasteiger partial charge is 0.330 e.